The fourth-order valence-corrected chi connectivity index (χ4v) is 3.32. The Labute approximate surface area is 150 Å². The minimum Gasteiger partial charge on any atom is -0.315 e. The molecule has 26 heavy (non-hydrogen) atoms. The molecule has 0 aliphatic carbocycles. The van der Waals surface area contributed by atoms with Gasteiger partial charge in [-0.1, -0.05) is 18.2 Å². The molecule has 1 aromatic carbocycles. The number of rotatable bonds is 6. The third kappa shape index (κ3) is 3.83. The molecular weight excluding hydrogens is 363 g/mol. The smallest absolute Gasteiger partial charge is 0.264 e. The van der Waals surface area contributed by atoms with E-state index in [0.29, 0.717) is 5.56 Å². The van der Waals surface area contributed by atoms with Gasteiger partial charge in [-0.15, -0.1) is 0 Å². The Kier molecular flexibility index (Phi) is 5.62. The summed E-state index contributed by atoms with van der Waals surface area (Å²) in [6.45, 7) is 1.10. The lowest BCUT2D eigenvalue weighted by Crippen LogP contribution is -2.49. The lowest BCUT2D eigenvalue weighted by Gasteiger charge is -2.25. The van der Waals surface area contributed by atoms with Gasteiger partial charge in [-0.05, 0) is 31.0 Å². The van der Waals surface area contributed by atoms with Crippen LogP contribution in [0.2, 0.25) is 0 Å². The fourth-order valence-electron chi connectivity index (χ4n) is 2.47. The van der Waals surface area contributed by atoms with Gasteiger partial charge in [0, 0.05) is 30.6 Å². The summed E-state index contributed by atoms with van der Waals surface area (Å²) in [4.78, 5) is 24.1. The molecule has 0 bridgehead atoms. The lowest BCUT2D eigenvalue weighted by atomic mass is 10.1. The van der Waals surface area contributed by atoms with E-state index in [-0.39, 0.29) is 18.5 Å². The van der Waals surface area contributed by atoms with Gasteiger partial charge in [-0.2, -0.15) is 0 Å². The third-order valence-corrected chi connectivity index (χ3v) is 6.44. The van der Waals surface area contributed by atoms with Crippen LogP contribution in [0.15, 0.2) is 47.4 Å². The maximum Gasteiger partial charge on any atom is 0.264 e. The lowest BCUT2D eigenvalue weighted by molar-refractivity contribution is -0.131. The fraction of sp³-hybridized carbons (Fsp3) is 0.294. The Balaban J connectivity index is 2.30. The van der Waals surface area contributed by atoms with Crippen LogP contribution >= 0.6 is 0 Å². The van der Waals surface area contributed by atoms with Crippen LogP contribution in [0.25, 0.3) is 11.1 Å². The van der Waals surface area contributed by atoms with Crippen LogP contribution in [-0.4, -0.2) is 35.1 Å². The number of benzene rings is 1. The quantitative estimate of drug-likeness (QED) is 0.580. The van der Waals surface area contributed by atoms with E-state index in [0.717, 1.165) is 6.26 Å². The van der Waals surface area contributed by atoms with Crippen molar-refractivity contribution >= 4 is 15.7 Å². The van der Waals surface area contributed by atoms with E-state index in [1.807, 2.05) is 0 Å². The molecule has 1 heterocycles. The second-order valence-electron chi connectivity index (χ2n) is 6.12. The first-order valence-electron chi connectivity index (χ1n) is 7.69. The monoisotopic (exact) mass is 382 g/mol. The highest BCUT2D eigenvalue weighted by atomic mass is 32.2. The highest BCUT2D eigenvalue weighted by Gasteiger charge is 2.43. The van der Waals surface area contributed by atoms with Crippen LogP contribution < -0.4 is 11.0 Å². The van der Waals surface area contributed by atoms with E-state index in [9.17, 15) is 22.4 Å². The predicted molar refractivity (Wildman–Crippen MR) is 93.9 cm³/mol. The molecule has 0 aliphatic heterocycles. The van der Waals surface area contributed by atoms with Crippen molar-refractivity contribution < 1.29 is 22.8 Å². The number of hydrogen-bond donors (Lipinski definition) is 2. The number of carbonyl (C=O) groups excluding carboxylic acids is 1. The molecule has 7 nitrogen and oxygen atoms in total. The average Bonchev–Trinajstić information content (AvgIpc) is 2.59. The standard InChI is InChI=1S/C17H19FN2O5S/c1-17(16(22)19-23,26(2,24)25)8-10-20-9-7-12(11-15(20)21)13-5-3-4-6-14(13)18/h3-7,9,11,23H,8,10H2,1-2H3,(H,19,22)/t17-/m1/s1. The topological polar surface area (TPSA) is 105 Å². The van der Waals surface area contributed by atoms with Crippen molar-refractivity contribution in [1.82, 2.24) is 10.0 Å². The van der Waals surface area contributed by atoms with Gasteiger partial charge in [0.2, 0.25) is 0 Å². The Hall–Kier alpha value is -2.52. The number of pyridine rings is 1. The summed E-state index contributed by atoms with van der Waals surface area (Å²) < 4.78 is 37.0. The zero-order chi connectivity index (χ0) is 19.5. The van der Waals surface area contributed by atoms with Crippen molar-refractivity contribution in [2.24, 2.45) is 0 Å². The molecule has 0 spiro atoms. The number of nitrogens with one attached hydrogen (secondary N) is 1. The molecule has 0 saturated heterocycles. The summed E-state index contributed by atoms with van der Waals surface area (Å²) >= 11 is 0. The maximum absolute atomic E-state index is 13.8. The third-order valence-electron chi connectivity index (χ3n) is 4.41. The Morgan fingerprint density at radius 3 is 2.50 bits per heavy atom. The number of amides is 1. The molecular formula is C17H19FN2O5S. The minimum atomic E-state index is -3.85. The Morgan fingerprint density at radius 1 is 1.31 bits per heavy atom. The molecule has 1 atom stereocenters. The number of carbonyl (C=O) groups is 1. The number of nitrogens with zero attached hydrogens (tertiary/aromatic N) is 1. The minimum absolute atomic E-state index is 0.0760. The largest absolute Gasteiger partial charge is 0.315 e. The first-order chi connectivity index (χ1) is 12.1. The molecule has 0 saturated carbocycles. The second-order valence-corrected chi connectivity index (χ2v) is 8.57. The van der Waals surface area contributed by atoms with Gasteiger partial charge < -0.3 is 4.57 Å². The van der Waals surface area contributed by atoms with Crippen LogP contribution in [0.1, 0.15) is 13.3 Å². The maximum atomic E-state index is 13.8. The number of halogens is 1. The number of sulfone groups is 1. The molecule has 1 amide bonds. The van der Waals surface area contributed by atoms with Crippen LogP contribution in [0.4, 0.5) is 4.39 Å². The van der Waals surface area contributed by atoms with Crippen molar-refractivity contribution in [2.45, 2.75) is 24.6 Å². The normalized spacial score (nSPS) is 13.8. The number of hydroxylamine groups is 1. The first-order valence-corrected chi connectivity index (χ1v) is 9.59. The average molecular weight is 382 g/mol. The SMILES string of the molecule is C[C@@](CCn1ccc(-c2ccccc2F)cc1=O)(C(=O)NO)S(C)(=O)=O. The van der Waals surface area contributed by atoms with E-state index in [1.165, 1.54) is 47.4 Å². The summed E-state index contributed by atoms with van der Waals surface area (Å²) in [5.41, 5.74) is 1.55. The molecule has 2 rings (SSSR count). The van der Waals surface area contributed by atoms with Gasteiger partial charge in [-0.3, -0.25) is 14.8 Å². The Bertz CT molecular complexity index is 987. The van der Waals surface area contributed by atoms with E-state index in [4.69, 9.17) is 5.21 Å². The highest BCUT2D eigenvalue weighted by Crippen LogP contribution is 2.23. The molecule has 2 aromatic rings. The van der Waals surface area contributed by atoms with Gasteiger partial charge in [-0.25, -0.2) is 18.3 Å². The van der Waals surface area contributed by atoms with Gasteiger partial charge in [0.25, 0.3) is 11.5 Å². The highest BCUT2D eigenvalue weighted by molar-refractivity contribution is 7.92. The molecule has 0 unspecified atom stereocenters. The molecule has 0 fully saturated rings. The molecule has 9 heteroatoms. The number of hydrogen-bond acceptors (Lipinski definition) is 5. The van der Waals surface area contributed by atoms with Crippen molar-refractivity contribution in [3.8, 4) is 11.1 Å². The van der Waals surface area contributed by atoms with Gasteiger partial charge in [0.1, 0.15) is 5.82 Å². The summed E-state index contributed by atoms with van der Waals surface area (Å²) in [6, 6.07) is 8.78. The van der Waals surface area contributed by atoms with Crippen LogP contribution in [-0.2, 0) is 21.2 Å². The van der Waals surface area contributed by atoms with Gasteiger partial charge in [0.15, 0.2) is 14.6 Å². The molecule has 2 N–H and O–H groups in total. The van der Waals surface area contributed by atoms with Gasteiger partial charge in [0.05, 0.1) is 0 Å². The Morgan fingerprint density at radius 2 is 1.96 bits per heavy atom. The first kappa shape index (κ1) is 19.8. The van der Waals surface area contributed by atoms with Crippen molar-refractivity contribution in [3.05, 3.63) is 58.8 Å². The van der Waals surface area contributed by atoms with Crippen molar-refractivity contribution in [1.29, 1.82) is 0 Å². The summed E-state index contributed by atoms with van der Waals surface area (Å²) in [6.07, 6.45) is 2.06. The van der Waals surface area contributed by atoms with E-state index in [1.54, 1.807) is 12.1 Å². The van der Waals surface area contributed by atoms with E-state index in [2.05, 4.69) is 0 Å². The summed E-state index contributed by atoms with van der Waals surface area (Å²) in [7, 11) is -3.85. The summed E-state index contributed by atoms with van der Waals surface area (Å²) in [5, 5.41) is 8.81. The van der Waals surface area contributed by atoms with Crippen LogP contribution in [0, 0.1) is 5.82 Å². The number of aryl methyl sites for hydroxylation is 1. The van der Waals surface area contributed by atoms with Crippen molar-refractivity contribution in [3.63, 3.8) is 0 Å². The van der Waals surface area contributed by atoms with E-state index >= 15 is 0 Å². The van der Waals surface area contributed by atoms with E-state index < -0.39 is 31.9 Å². The molecule has 1 aromatic heterocycles. The number of aromatic nitrogens is 1. The molecule has 0 aliphatic rings. The second kappa shape index (κ2) is 7.38. The van der Waals surface area contributed by atoms with Gasteiger partial charge >= 0.3 is 0 Å². The van der Waals surface area contributed by atoms with Crippen LogP contribution in [0.3, 0.4) is 0 Å². The zero-order valence-corrected chi connectivity index (χ0v) is 15.1. The molecule has 0 radical (unpaired) electrons. The molecule has 140 valence electrons. The summed E-state index contributed by atoms with van der Waals surface area (Å²) in [5.74, 6) is -1.54. The van der Waals surface area contributed by atoms with Crippen molar-refractivity contribution in [2.75, 3.05) is 6.26 Å². The zero-order valence-electron chi connectivity index (χ0n) is 14.3. The van der Waals surface area contributed by atoms with Crippen LogP contribution in [0.5, 0.6) is 0 Å². The predicted octanol–water partition coefficient (Wildman–Crippen LogP) is 1.35.